The minimum Gasteiger partial charge on any atom is -0.262 e. The number of aromatic nitrogens is 2. The normalized spacial score (nSPS) is 12.0. The molecule has 8 heteroatoms. The molecule has 0 radical (unpaired) electrons. The third-order valence-electron chi connectivity index (χ3n) is 3.70. The quantitative estimate of drug-likeness (QED) is 0.519. The van der Waals surface area contributed by atoms with Crippen molar-refractivity contribution < 1.29 is 26.3 Å². The Morgan fingerprint density at radius 2 is 1.31 bits per heavy atom. The molecule has 0 amide bonds. The first-order chi connectivity index (χ1) is 11.8. The number of nitrogens with zero attached hydrogens (tertiary/aromatic N) is 2. The molecule has 2 aromatic rings. The number of aryl methyl sites for hydroxylation is 4. The van der Waals surface area contributed by atoms with E-state index in [1.165, 1.54) is 12.5 Å². The molecule has 0 unspecified atom stereocenters. The maximum absolute atomic E-state index is 13.3. The lowest BCUT2D eigenvalue weighted by molar-refractivity contribution is -0.165. The molecule has 0 N–H and O–H groups in total. The Morgan fingerprint density at radius 1 is 0.846 bits per heavy atom. The molecule has 0 aliphatic heterocycles. The first-order valence-electron chi connectivity index (χ1n) is 8.05. The Bertz CT molecular complexity index is 769. The lowest BCUT2D eigenvalue weighted by Crippen LogP contribution is -2.19. The van der Waals surface area contributed by atoms with Crippen LogP contribution in [0.2, 0.25) is 0 Å². The number of benzene rings is 1. The Balaban J connectivity index is 0.00000105. The van der Waals surface area contributed by atoms with Gasteiger partial charge in [-0.1, -0.05) is 26.3 Å². The number of hydrogen-bond donors (Lipinski definition) is 0. The van der Waals surface area contributed by atoms with E-state index >= 15 is 0 Å². The Labute approximate surface area is 148 Å². The zero-order chi connectivity index (χ0) is 20.4. The molecule has 146 valence electrons. The number of hydrogen-bond acceptors (Lipinski definition) is 1. The first-order valence-corrected chi connectivity index (χ1v) is 8.05. The smallest absolute Gasteiger partial charge is 0.262 e. The maximum atomic E-state index is 13.3. The van der Waals surface area contributed by atoms with Gasteiger partial charge >= 0.3 is 12.4 Å². The molecule has 1 aromatic heterocycles. The van der Waals surface area contributed by atoms with Gasteiger partial charge in [0.05, 0.1) is 0 Å². The summed E-state index contributed by atoms with van der Waals surface area (Å²) in [5, 5.41) is 3.52. The molecule has 1 aromatic carbocycles. The first kappa shape index (κ1) is 22.1. The second-order valence-electron chi connectivity index (χ2n) is 6.15. The van der Waals surface area contributed by atoms with Gasteiger partial charge in [-0.2, -0.15) is 31.4 Å². The molecule has 0 atom stereocenters. The van der Waals surface area contributed by atoms with E-state index in [9.17, 15) is 26.3 Å². The minimum absolute atomic E-state index is 0.0477. The van der Waals surface area contributed by atoms with Gasteiger partial charge in [0.25, 0.3) is 0 Å². The molecule has 2 nitrogen and oxygen atoms in total. The van der Waals surface area contributed by atoms with E-state index in [1.54, 1.807) is 26.8 Å². The van der Waals surface area contributed by atoms with Crippen LogP contribution in [0, 0.1) is 20.8 Å². The third kappa shape index (κ3) is 4.59. The lowest BCUT2D eigenvalue weighted by Gasteiger charge is -2.14. The molecule has 26 heavy (non-hydrogen) atoms. The van der Waals surface area contributed by atoms with Crippen molar-refractivity contribution in [3.63, 3.8) is 0 Å². The monoisotopic (exact) mass is 380 g/mol. The van der Waals surface area contributed by atoms with Crippen LogP contribution in [0.4, 0.5) is 26.3 Å². The van der Waals surface area contributed by atoms with Gasteiger partial charge in [0.2, 0.25) is 0 Å². The molecule has 0 aliphatic carbocycles. The highest BCUT2D eigenvalue weighted by Gasteiger charge is 2.49. The summed E-state index contributed by atoms with van der Waals surface area (Å²) in [5.74, 6) is 0. The fraction of sp³-hybridized carbons (Fsp3) is 0.500. The van der Waals surface area contributed by atoms with Gasteiger partial charge < -0.3 is 0 Å². The van der Waals surface area contributed by atoms with E-state index in [2.05, 4.69) is 18.9 Å². The van der Waals surface area contributed by atoms with Crippen LogP contribution < -0.4 is 0 Å². The highest BCUT2D eigenvalue weighted by molar-refractivity contribution is 5.70. The van der Waals surface area contributed by atoms with Crippen LogP contribution in [0.3, 0.4) is 0 Å². The average molecular weight is 380 g/mol. The highest BCUT2D eigenvalue weighted by atomic mass is 19.4. The summed E-state index contributed by atoms with van der Waals surface area (Å²) >= 11 is 0. The lowest BCUT2D eigenvalue weighted by atomic mass is 9.96. The molecule has 1 heterocycles. The molecule has 2 rings (SSSR count). The van der Waals surface area contributed by atoms with Gasteiger partial charge in [0.1, 0.15) is 11.3 Å². The summed E-state index contributed by atoms with van der Waals surface area (Å²) < 4.78 is 79.3. The van der Waals surface area contributed by atoms with Crippen molar-refractivity contribution in [2.24, 2.45) is 7.05 Å². The van der Waals surface area contributed by atoms with E-state index in [0.29, 0.717) is 11.1 Å². The predicted molar refractivity (Wildman–Crippen MR) is 88.8 cm³/mol. The van der Waals surface area contributed by atoms with E-state index in [-0.39, 0.29) is 10.2 Å². The summed E-state index contributed by atoms with van der Waals surface area (Å²) in [6.45, 7) is 9.25. The largest absolute Gasteiger partial charge is 0.433 e. The van der Waals surface area contributed by atoms with Gasteiger partial charge in [0, 0.05) is 12.6 Å². The van der Waals surface area contributed by atoms with Crippen LogP contribution in [0.1, 0.15) is 48.2 Å². The van der Waals surface area contributed by atoms with Crippen LogP contribution in [0.25, 0.3) is 11.3 Å². The van der Waals surface area contributed by atoms with Gasteiger partial charge in [-0.25, -0.2) is 0 Å². The highest BCUT2D eigenvalue weighted by Crippen LogP contribution is 2.45. The minimum atomic E-state index is -5.17. The van der Waals surface area contributed by atoms with E-state index < -0.39 is 29.3 Å². The molecule has 0 spiro atoms. The zero-order valence-corrected chi connectivity index (χ0v) is 15.5. The van der Waals surface area contributed by atoms with Crippen molar-refractivity contribution in [2.75, 3.05) is 0 Å². The van der Waals surface area contributed by atoms with Gasteiger partial charge in [-0.05, 0) is 43.5 Å². The van der Waals surface area contributed by atoms with Crippen molar-refractivity contribution >= 4 is 0 Å². The van der Waals surface area contributed by atoms with Gasteiger partial charge in [-0.15, -0.1) is 0 Å². The van der Waals surface area contributed by atoms with Crippen molar-refractivity contribution in [1.29, 1.82) is 0 Å². The summed E-state index contributed by atoms with van der Waals surface area (Å²) in [4.78, 5) is 0. The zero-order valence-electron chi connectivity index (χ0n) is 15.5. The summed E-state index contributed by atoms with van der Waals surface area (Å²) in [5.41, 5.74) is -2.24. The van der Waals surface area contributed by atoms with Crippen molar-refractivity contribution in [3.05, 3.63) is 40.1 Å². The van der Waals surface area contributed by atoms with Crippen LogP contribution in [0.15, 0.2) is 12.1 Å². The number of halogens is 6. The Morgan fingerprint density at radius 3 is 1.73 bits per heavy atom. The third-order valence-corrected chi connectivity index (χ3v) is 3.70. The summed E-state index contributed by atoms with van der Waals surface area (Å²) in [6, 6.07) is 3.06. The van der Waals surface area contributed by atoms with E-state index in [4.69, 9.17) is 0 Å². The Kier molecular flexibility index (Phi) is 6.54. The molecule has 0 aliphatic rings. The van der Waals surface area contributed by atoms with E-state index in [1.807, 2.05) is 0 Å². The van der Waals surface area contributed by atoms with Crippen LogP contribution in [-0.4, -0.2) is 9.78 Å². The fourth-order valence-corrected chi connectivity index (χ4v) is 2.52. The van der Waals surface area contributed by atoms with Gasteiger partial charge in [-0.3, -0.25) is 4.68 Å². The van der Waals surface area contributed by atoms with E-state index in [0.717, 1.165) is 12.6 Å². The SMILES string of the molecule is CCC.Cc1cc(C)c(-c2nn(C)c(C(F)(F)F)c2C(F)(F)F)cc1C. The number of rotatable bonds is 1. The molecule has 0 saturated carbocycles. The number of alkyl halides is 6. The summed E-state index contributed by atoms with van der Waals surface area (Å²) in [6.07, 6.45) is -9.07. The van der Waals surface area contributed by atoms with Crippen LogP contribution in [0.5, 0.6) is 0 Å². The Hall–Kier alpha value is -1.99. The van der Waals surface area contributed by atoms with Crippen molar-refractivity contribution in [1.82, 2.24) is 9.78 Å². The maximum Gasteiger partial charge on any atom is 0.433 e. The molecule has 0 saturated heterocycles. The predicted octanol–water partition coefficient (Wildman–Crippen LogP) is 6.47. The molecule has 0 bridgehead atoms. The molecule has 0 fully saturated rings. The summed E-state index contributed by atoms with van der Waals surface area (Å²) in [7, 11) is 0.859. The average Bonchev–Trinajstić information content (AvgIpc) is 2.81. The second-order valence-corrected chi connectivity index (χ2v) is 6.15. The van der Waals surface area contributed by atoms with Crippen molar-refractivity contribution in [3.8, 4) is 11.3 Å². The molecular weight excluding hydrogens is 358 g/mol. The molecular formula is C18H22F6N2. The second kappa shape index (κ2) is 7.72. The van der Waals surface area contributed by atoms with Crippen molar-refractivity contribution in [2.45, 2.75) is 53.4 Å². The van der Waals surface area contributed by atoms with Crippen LogP contribution in [-0.2, 0) is 19.4 Å². The van der Waals surface area contributed by atoms with Crippen LogP contribution >= 0.6 is 0 Å². The topological polar surface area (TPSA) is 17.8 Å². The fourth-order valence-electron chi connectivity index (χ4n) is 2.52. The van der Waals surface area contributed by atoms with Gasteiger partial charge in [0.15, 0.2) is 5.69 Å². The standard InChI is InChI=1S/C15H14F6N2.C3H8/c1-7-5-9(3)10(6-8(7)2)12-11(14(16,17)18)13(15(19,20)21)23(4)22-12;1-3-2/h5-6H,1-4H3;3H2,1-2H3.